The molecule has 8 heteroatoms. The Balaban J connectivity index is 0.00000506. The number of rotatable bonds is 13. The highest BCUT2D eigenvalue weighted by Gasteiger charge is 2.58. The summed E-state index contributed by atoms with van der Waals surface area (Å²) in [6, 6.07) is 0. The van der Waals surface area contributed by atoms with Gasteiger partial charge in [-0.05, 0) is 98.8 Å². The molecule has 4 aliphatic carbocycles. The fourth-order valence-corrected chi connectivity index (χ4v) is 9.31. The maximum atomic E-state index is 12.7. The van der Waals surface area contributed by atoms with E-state index in [4.69, 9.17) is 20.4 Å². The molecule has 7 atom stereocenters. The van der Waals surface area contributed by atoms with Gasteiger partial charge in [-0.2, -0.15) is 0 Å². The van der Waals surface area contributed by atoms with E-state index < -0.39 is 12.1 Å². The number of hydrazine groups is 1. The van der Waals surface area contributed by atoms with Crippen molar-refractivity contribution in [3.63, 3.8) is 0 Å². The number of ether oxygens (including phenoxy) is 2. The monoisotopic (exact) mass is 605 g/mol. The number of carbonyl (C=O) groups excluding carboxylic acids is 2. The van der Waals surface area contributed by atoms with Gasteiger partial charge in [-0.15, -0.1) is 0 Å². The molecule has 0 spiro atoms. The molecular weight excluding hydrogens is 542 g/mol. The molecule has 0 saturated heterocycles. The lowest BCUT2D eigenvalue weighted by molar-refractivity contribution is -0.145. The van der Waals surface area contributed by atoms with Crippen LogP contribution < -0.4 is 5.84 Å². The van der Waals surface area contributed by atoms with E-state index in [1.165, 1.54) is 63.4 Å². The van der Waals surface area contributed by atoms with Crippen molar-refractivity contribution in [3.05, 3.63) is 11.6 Å². The van der Waals surface area contributed by atoms with Crippen molar-refractivity contribution in [2.45, 2.75) is 118 Å². The number of hydrogen-bond donors (Lipinski definition) is 2. The average molecular weight is 606 g/mol. The molecule has 0 aromatic rings. The van der Waals surface area contributed by atoms with Crippen LogP contribution in [-0.4, -0.2) is 73.1 Å². The molecular formula is C35H63N3O5. The molecule has 0 aromatic carbocycles. The SMILES string of the molecule is C.CC(C)CCCCC1CCC2C3CC=C4CC(OC(=O)N(N)CC(=O)OCCN(C)CCO)CCC4(C)C3CCC12C. The zero-order chi connectivity index (χ0) is 30.5. The molecule has 0 radical (unpaired) electrons. The number of allylic oxidation sites excluding steroid dienone is 1. The normalized spacial score (nSPS) is 33.1. The number of likely N-dealkylation sites (N-methyl/N-ethyl adjacent to an activating group) is 1. The standard InChI is InChI=1S/C34H59N3O5.CH4/c1-24(2)8-6-7-9-25-11-13-29-28-12-10-26-22-27(14-16-34(26,4)30(28)15-17-33(25,29)3)42-32(40)37(35)23-31(39)41-21-19-36(5)18-20-38;/h10,24-25,27-30,38H,6-9,11-23,35H2,1-5H3;1H4. The second-order valence-electron chi connectivity index (χ2n) is 14.9. The summed E-state index contributed by atoms with van der Waals surface area (Å²) in [7, 11) is 1.83. The van der Waals surface area contributed by atoms with Gasteiger partial charge in [-0.25, -0.2) is 15.6 Å². The Morgan fingerprint density at radius 3 is 2.58 bits per heavy atom. The largest absolute Gasteiger partial charge is 0.463 e. The zero-order valence-corrected chi connectivity index (χ0v) is 27.1. The first-order chi connectivity index (χ1) is 20.0. The van der Waals surface area contributed by atoms with Crippen LogP contribution in [-0.2, 0) is 14.3 Å². The van der Waals surface area contributed by atoms with Crippen LogP contribution in [0.25, 0.3) is 0 Å². The minimum atomic E-state index is -0.675. The van der Waals surface area contributed by atoms with E-state index in [0.717, 1.165) is 53.9 Å². The predicted molar refractivity (Wildman–Crippen MR) is 172 cm³/mol. The molecule has 0 bridgehead atoms. The molecule has 8 nitrogen and oxygen atoms in total. The number of fused-ring (bicyclic) bond motifs is 5. The highest BCUT2D eigenvalue weighted by Crippen LogP contribution is 2.66. The Morgan fingerprint density at radius 1 is 1.09 bits per heavy atom. The number of unbranched alkanes of at least 4 members (excludes halogenated alkanes) is 1. The molecule has 3 saturated carbocycles. The first-order valence-corrected chi connectivity index (χ1v) is 16.8. The molecule has 0 aromatic heterocycles. The first-order valence-electron chi connectivity index (χ1n) is 16.8. The van der Waals surface area contributed by atoms with Crippen LogP contribution in [0.4, 0.5) is 4.79 Å². The van der Waals surface area contributed by atoms with Crippen LogP contribution in [0.5, 0.6) is 0 Å². The van der Waals surface area contributed by atoms with Crippen LogP contribution in [0.2, 0.25) is 0 Å². The van der Waals surface area contributed by atoms with Gasteiger partial charge in [0.25, 0.3) is 0 Å². The van der Waals surface area contributed by atoms with Crippen LogP contribution in [0, 0.1) is 40.4 Å². The molecule has 248 valence electrons. The Hall–Kier alpha value is -1.64. The van der Waals surface area contributed by atoms with Gasteiger partial charge in [-0.3, -0.25) is 4.79 Å². The molecule has 4 aliphatic rings. The van der Waals surface area contributed by atoms with E-state index >= 15 is 0 Å². The summed E-state index contributed by atoms with van der Waals surface area (Å²) in [5, 5.41) is 9.77. The highest BCUT2D eigenvalue weighted by atomic mass is 16.6. The van der Waals surface area contributed by atoms with Gasteiger partial charge in [0.05, 0.1) is 6.61 Å². The molecule has 7 unspecified atom stereocenters. The lowest BCUT2D eigenvalue weighted by Gasteiger charge is -2.58. The van der Waals surface area contributed by atoms with E-state index in [-0.39, 0.29) is 38.7 Å². The number of carbonyl (C=O) groups is 2. The van der Waals surface area contributed by atoms with Crippen molar-refractivity contribution in [3.8, 4) is 0 Å². The van der Waals surface area contributed by atoms with Crippen LogP contribution >= 0.6 is 0 Å². The second-order valence-corrected chi connectivity index (χ2v) is 14.9. The van der Waals surface area contributed by atoms with Crippen molar-refractivity contribution in [1.29, 1.82) is 0 Å². The van der Waals surface area contributed by atoms with Crippen molar-refractivity contribution >= 4 is 12.1 Å². The molecule has 0 aliphatic heterocycles. The number of nitrogens with two attached hydrogens (primary N) is 1. The minimum absolute atomic E-state index is 0. The van der Waals surface area contributed by atoms with Gasteiger partial charge < -0.3 is 19.5 Å². The number of aliphatic hydroxyl groups is 1. The smallest absolute Gasteiger partial charge is 0.424 e. The third kappa shape index (κ3) is 8.35. The van der Waals surface area contributed by atoms with Gasteiger partial charge in [-0.1, -0.05) is 66.0 Å². The summed E-state index contributed by atoms with van der Waals surface area (Å²) in [6.45, 7) is 10.7. The third-order valence-corrected chi connectivity index (χ3v) is 11.9. The third-order valence-electron chi connectivity index (χ3n) is 11.9. The summed E-state index contributed by atoms with van der Waals surface area (Å²) in [5.74, 6) is 9.38. The number of hydrogen-bond acceptors (Lipinski definition) is 7. The summed E-state index contributed by atoms with van der Waals surface area (Å²) >= 11 is 0. The quantitative estimate of drug-likeness (QED) is 0.0611. The van der Waals surface area contributed by atoms with E-state index in [1.54, 1.807) is 0 Å². The lowest BCUT2D eigenvalue weighted by atomic mass is 9.47. The summed E-state index contributed by atoms with van der Waals surface area (Å²) in [4.78, 5) is 26.7. The fourth-order valence-electron chi connectivity index (χ4n) is 9.31. The minimum Gasteiger partial charge on any atom is -0.463 e. The molecule has 3 N–H and O–H groups in total. The lowest BCUT2D eigenvalue weighted by Crippen LogP contribution is -2.51. The topological polar surface area (TPSA) is 105 Å². The van der Waals surface area contributed by atoms with Crippen molar-refractivity contribution in [1.82, 2.24) is 9.91 Å². The summed E-state index contributed by atoms with van der Waals surface area (Å²) in [6.07, 6.45) is 16.5. The predicted octanol–water partition coefficient (Wildman–Crippen LogP) is 6.57. The van der Waals surface area contributed by atoms with Crippen molar-refractivity contribution in [2.24, 2.45) is 46.3 Å². The average Bonchev–Trinajstić information content (AvgIpc) is 3.27. The number of nitrogens with zero attached hydrogens (tertiary/aromatic N) is 2. The van der Waals surface area contributed by atoms with Crippen molar-refractivity contribution < 1.29 is 24.2 Å². The maximum absolute atomic E-state index is 12.7. The molecule has 1 amide bonds. The Labute approximate surface area is 262 Å². The van der Waals surface area contributed by atoms with Gasteiger partial charge in [0, 0.05) is 19.5 Å². The van der Waals surface area contributed by atoms with E-state index in [2.05, 4.69) is 33.8 Å². The summed E-state index contributed by atoms with van der Waals surface area (Å²) in [5.41, 5.74) is 2.17. The number of aliphatic hydroxyl groups excluding tert-OH is 1. The Kier molecular flexibility index (Phi) is 13.0. The van der Waals surface area contributed by atoms with Crippen LogP contribution in [0.1, 0.15) is 112 Å². The number of amides is 1. The van der Waals surface area contributed by atoms with Gasteiger partial charge in [0.15, 0.2) is 0 Å². The van der Waals surface area contributed by atoms with Gasteiger partial charge in [0.1, 0.15) is 19.3 Å². The second kappa shape index (κ2) is 15.6. The van der Waals surface area contributed by atoms with Crippen LogP contribution in [0.15, 0.2) is 11.6 Å². The van der Waals surface area contributed by atoms with E-state index in [0.29, 0.717) is 18.5 Å². The highest BCUT2D eigenvalue weighted by molar-refractivity contribution is 5.77. The molecule has 3 fully saturated rings. The summed E-state index contributed by atoms with van der Waals surface area (Å²) < 4.78 is 11.0. The van der Waals surface area contributed by atoms with Gasteiger partial charge in [0.2, 0.25) is 0 Å². The number of esters is 1. The fraction of sp³-hybridized carbons (Fsp3) is 0.886. The zero-order valence-electron chi connectivity index (χ0n) is 27.1. The van der Waals surface area contributed by atoms with Crippen molar-refractivity contribution in [2.75, 3.05) is 39.9 Å². The molecule has 43 heavy (non-hydrogen) atoms. The van der Waals surface area contributed by atoms with Crippen LogP contribution in [0.3, 0.4) is 0 Å². The molecule has 4 rings (SSSR count). The Morgan fingerprint density at radius 2 is 1.86 bits per heavy atom. The van der Waals surface area contributed by atoms with E-state index in [1.807, 2.05) is 11.9 Å². The van der Waals surface area contributed by atoms with Gasteiger partial charge >= 0.3 is 12.1 Å². The Bertz CT molecular complexity index is 956. The first kappa shape index (κ1) is 35.8. The molecule has 0 heterocycles. The maximum Gasteiger partial charge on any atom is 0.424 e. The van der Waals surface area contributed by atoms with E-state index in [9.17, 15) is 9.59 Å².